The van der Waals surface area contributed by atoms with E-state index in [4.69, 9.17) is 0 Å². The second kappa shape index (κ2) is 3.75. The molecule has 2 heterocycles. The Bertz CT molecular complexity index is 475. The van der Waals surface area contributed by atoms with Gasteiger partial charge in [0.25, 0.3) is 0 Å². The number of aryl methyl sites for hydroxylation is 3. The van der Waals surface area contributed by atoms with Crippen LogP contribution < -0.4 is 0 Å². The van der Waals surface area contributed by atoms with Crippen LogP contribution >= 0.6 is 11.3 Å². The molecule has 2 aromatic rings. The van der Waals surface area contributed by atoms with Crippen LogP contribution in [0.2, 0.25) is 0 Å². The van der Waals surface area contributed by atoms with Crippen molar-refractivity contribution in [1.29, 1.82) is 0 Å². The third kappa shape index (κ3) is 1.80. The molecule has 0 aliphatic rings. The summed E-state index contributed by atoms with van der Waals surface area (Å²) in [5, 5.41) is 17.7. The smallest absolute Gasteiger partial charge is 0.123 e. The molecule has 0 aliphatic heterocycles. The number of aliphatic hydroxyl groups excluding tert-OH is 1. The van der Waals surface area contributed by atoms with Crippen molar-refractivity contribution in [3.05, 3.63) is 33.3 Å². The van der Waals surface area contributed by atoms with Gasteiger partial charge in [-0.25, -0.2) is 4.68 Å². The van der Waals surface area contributed by atoms with Crippen LogP contribution in [0.4, 0.5) is 0 Å². The minimum atomic E-state index is -0.630. The second-order valence-corrected chi connectivity index (χ2v) is 5.01. The van der Waals surface area contributed by atoms with Crippen molar-refractivity contribution in [2.24, 2.45) is 7.05 Å². The summed E-state index contributed by atoms with van der Waals surface area (Å²) in [5.41, 5.74) is 1.67. The van der Waals surface area contributed by atoms with Gasteiger partial charge in [0, 0.05) is 22.4 Å². The molecule has 4 nitrogen and oxygen atoms in total. The largest absolute Gasteiger partial charge is 0.382 e. The Hall–Kier alpha value is -1.20. The van der Waals surface area contributed by atoms with Crippen LogP contribution in [-0.2, 0) is 7.05 Å². The first-order valence-corrected chi connectivity index (χ1v) is 5.51. The molecule has 0 radical (unpaired) electrons. The minimum Gasteiger partial charge on any atom is -0.382 e. The Balaban J connectivity index is 2.40. The number of aromatic nitrogens is 3. The molecule has 5 heteroatoms. The van der Waals surface area contributed by atoms with E-state index in [-0.39, 0.29) is 0 Å². The van der Waals surface area contributed by atoms with Crippen molar-refractivity contribution < 1.29 is 5.11 Å². The van der Waals surface area contributed by atoms with Gasteiger partial charge in [0.1, 0.15) is 6.10 Å². The fraction of sp³-hybridized carbons (Fsp3) is 0.400. The maximum atomic E-state index is 10.2. The van der Waals surface area contributed by atoms with Crippen LogP contribution in [0.1, 0.15) is 27.1 Å². The molecular formula is C10H13N3OS. The summed E-state index contributed by atoms with van der Waals surface area (Å²) in [7, 11) is 1.78. The molecule has 0 spiro atoms. The molecule has 80 valence electrons. The lowest BCUT2D eigenvalue weighted by Crippen LogP contribution is -2.06. The van der Waals surface area contributed by atoms with Gasteiger partial charge in [-0.05, 0) is 19.9 Å². The standard InChI is InChI=1S/C10H13N3OS/c1-6-4-8(7(2)15-6)10(14)9-5-11-12-13(9)3/h4-5,10,14H,1-3H3. The Morgan fingerprint density at radius 2 is 2.20 bits per heavy atom. The van der Waals surface area contributed by atoms with Gasteiger partial charge in [-0.1, -0.05) is 5.21 Å². The zero-order chi connectivity index (χ0) is 11.0. The first-order chi connectivity index (χ1) is 7.09. The number of hydrogen-bond acceptors (Lipinski definition) is 4. The highest BCUT2D eigenvalue weighted by Crippen LogP contribution is 2.29. The first-order valence-electron chi connectivity index (χ1n) is 4.69. The van der Waals surface area contributed by atoms with Crippen molar-refractivity contribution in [3.8, 4) is 0 Å². The van der Waals surface area contributed by atoms with Crippen LogP contribution in [-0.4, -0.2) is 20.1 Å². The van der Waals surface area contributed by atoms with E-state index in [1.54, 1.807) is 29.3 Å². The van der Waals surface area contributed by atoms with E-state index in [1.165, 1.54) is 4.88 Å². The summed E-state index contributed by atoms with van der Waals surface area (Å²) in [4.78, 5) is 2.35. The molecular weight excluding hydrogens is 210 g/mol. The van der Waals surface area contributed by atoms with Gasteiger partial charge in [0.15, 0.2) is 0 Å². The third-order valence-electron chi connectivity index (χ3n) is 2.40. The summed E-state index contributed by atoms with van der Waals surface area (Å²) < 4.78 is 1.59. The van der Waals surface area contributed by atoms with E-state index < -0.39 is 6.10 Å². The number of thiophene rings is 1. The fourth-order valence-electron chi connectivity index (χ4n) is 1.63. The van der Waals surface area contributed by atoms with Crippen molar-refractivity contribution in [1.82, 2.24) is 15.0 Å². The van der Waals surface area contributed by atoms with E-state index in [1.807, 2.05) is 19.9 Å². The second-order valence-electron chi connectivity index (χ2n) is 3.55. The van der Waals surface area contributed by atoms with Gasteiger partial charge < -0.3 is 5.11 Å². The Kier molecular flexibility index (Phi) is 2.58. The monoisotopic (exact) mass is 223 g/mol. The van der Waals surface area contributed by atoms with E-state index in [2.05, 4.69) is 10.3 Å². The summed E-state index contributed by atoms with van der Waals surface area (Å²) in [5.74, 6) is 0. The third-order valence-corrected chi connectivity index (χ3v) is 3.39. The lowest BCUT2D eigenvalue weighted by molar-refractivity contribution is 0.209. The van der Waals surface area contributed by atoms with Gasteiger partial charge in [-0.15, -0.1) is 16.4 Å². The summed E-state index contributed by atoms with van der Waals surface area (Å²) in [6, 6.07) is 2.01. The van der Waals surface area contributed by atoms with Gasteiger partial charge in [-0.2, -0.15) is 0 Å². The van der Waals surface area contributed by atoms with Crippen LogP contribution in [0.3, 0.4) is 0 Å². The normalized spacial score (nSPS) is 13.1. The lowest BCUT2D eigenvalue weighted by Gasteiger charge is -2.09. The predicted octanol–water partition coefficient (Wildman–Crippen LogP) is 1.58. The molecule has 0 fully saturated rings. The van der Waals surface area contributed by atoms with Crippen molar-refractivity contribution in [3.63, 3.8) is 0 Å². The molecule has 0 bridgehead atoms. The lowest BCUT2D eigenvalue weighted by atomic mass is 10.1. The molecule has 2 rings (SSSR count). The zero-order valence-corrected chi connectivity index (χ0v) is 9.75. The molecule has 15 heavy (non-hydrogen) atoms. The maximum absolute atomic E-state index is 10.2. The average Bonchev–Trinajstić information content (AvgIpc) is 2.71. The number of rotatable bonds is 2. The van der Waals surface area contributed by atoms with Crippen LogP contribution in [0.25, 0.3) is 0 Å². The average molecular weight is 223 g/mol. The zero-order valence-electron chi connectivity index (χ0n) is 8.93. The van der Waals surface area contributed by atoms with Crippen molar-refractivity contribution in [2.45, 2.75) is 20.0 Å². The minimum absolute atomic E-state index is 0.630. The molecule has 0 saturated heterocycles. The van der Waals surface area contributed by atoms with Gasteiger partial charge in [0.2, 0.25) is 0 Å². The Morgan fingerprint density at radius 3 is 2.67 bits per heavy atom. The predicted molar refractivity (Wildman–Crippen MR) is 58.9 cm³/mol. The van der Waals surface area contributed by atoms with E-state index in [9.17, 15) is 5.11 Å². The first kappa shape index (κ1) is 10.3. The summed E-state index contributed by atoms with van der Waals surface area (Å²) >= 11 is 1.69. The van der Waals surface area contributed by atoms with Gasteiger partial charge >= 0.3 is 0 Å². The SMILES string of the molecule is Cc1cc(C(O)c2cnnn2C)c(C)s1. The van der Waals surface area contributed by atoms with Gasteiger partial charge in [0.05, 0.1) is 11.9 Å². The van der Waals surface area contributed by atoms with Crippen molar-refractivity contribution in [2.75, 3.05) is 0 Å². The number of aliphatic hydroxyl groups is 1. The highest BCUT2D eigenvalue weighted by molar-refractivity contribution is 7.12. The van der Waals surface area contributed by atoms with Crippen LogP contribution in [0.5, 0.6) is 0 Å². The van der Waals surface area contributed by atoms with E-state index >= 15 is 0 Å². The maximum Gasteiger partial charge on any atom is 0.123 e. The van der Waals surface area contributed by atoms with Crippen LogP contribution in [0, 0.1) is 13.8 Å². The fourth-order valence-corrected chi connectivity index (χ4v) is 2.58. The molecule has 1 atom stereocenters. The highest BCUT2D eigenvalue weighted by atomic mass is 32.1. The molecule has 1 N–H and O–H groups in total. The molecule has 2 aromatic heterocycles. The molecule has 0 aliphatic carbocycles. The Labute approximate surface area is 92.2 Å². The summed E-state index contributed by atoms with van der Waals surface area (Å²) in [6.07, 6.45) is 0.965. The highest BCUT2D eigenvalue weighted by Gasteiger charge is 2.18. The van der Waals surface area contributed by atoms with Crippen LogP contribution in [0.15, 0.2) is 12.3 Å². The number of hydrogen-bond donors (Lipinski definition) is 1. The molecule has 1 unspecified atom stereocenters. The molecule has 0 saturated carbocycles. The van der Waals surface area contributed by atoms with E-state index in [0.29, 0.717) is 0 Å². The summed E-state index contributed by atoms with van der Waals surface area (Å²) in [6.45, 7) is 4.05. The Morgan fingerprint density at radius 1 is 1.47 bits per heavy atom. The van der Waals surface area contributed by atoms with Gasteiger partial charge in [-0.3, -0.25) is 0 Å². The van der Waals surface area contributed by atoms with E-state index in [0.717, 1.165) is 16.1 Å². The molecule has 0 amide bonds. The topological polar surface area (TPSA) is 50.9 Å². The van der Waals surface area contributed by atoms with Crippen molar-refractivity contribution >= 4 is 11.3 Å². The number of nitrogens with zero attached hydrogens (tertiary/aromatic N) is 3. The molecule has 0 aromatic carbocycles. The quantitative estimate of drug-likeness (QED) is 0.841.